The number of hydrogen-bond acceptors (Lipinski definition) is 6. The first-order valence-corrected chi connectivity index (χ1v) is 11.0. The molecule has 0 saturated heterocycles. The van der Waals surface area contributed by atoms with Crippen molar-refractivity contribution in [3.8, 4) is 16.9 Å². The molecular weight excluding hydrogens is 500 g/mol. The highest BCUT2D eigenvalue weighted by Crippen LogP contribution is 2.37. The zero-order valence-electron chi connectivity index (χ0n) is 16.1. The van der Waals surface area contributed by atoms with Gasteiger partial charge in [-0.15, -0.1) is 0 Å². The number of ether oxygens (including phenoxy) is 2. The van der Waals surface area contributed by atoms with E-state index in [0.29, 0.717) is 11.8 Å². The number of benzene rings is 2. The number of aryl methyl sites for hydroxylation is 1. The number of halogens is 3. The minimum atomic E-state index is -4.45. The zero-order chi connectivity index (χ0) is 22.5. The van der Waals surface area contributed by atoms with Crippen molar-refractivity contribution in [2.24, 2.45) is 7.05 Å². The molecule has 1 aliphatic heterocycles. The predicted octanol–water partition coefficient (Wildman–Crippen LogP) is 3.61. The van der Waals surface area contributed by atoms with E-state index in [1.807, 2.05) is 0 Å². The van der Waals surface area contributed by atoms with Gasteiger partial charge in [0, 0.05) is 24.2 Å². The number of anilines is 1. The van der Waals surface area contributed by atoms with Crippen molar-refractivity contribution in [2.75, 3.05) is 11.8 Å². The number of nitrogens with zero attached hydrogens (tertiary/aromatic N) is 2. The standard InChI is InChI=1S/C19H14BrF2N3O5S/c1-25-16-8-30-19(26)9-3-12(20)18(29-2)17(4-9)31(27,28)24-15-5-10(11(16)7-23-25)13(21)6-14(15)22/h3-7,24H,8H2,1-2H3. The van der Waals surface area contributed by atoms with Gasteiger partial charge in [-0.25, -0.2) is 22.0 Å². The molecule has 2 heterocycles. The largest absolute Gasteiger partial charge is 0.494 e. The van der Waals surface area contributed by atoms with Gasteiger partial charge in [0.2, 0.25) is 0 Å². The lowest BCUT2D eigenvalue weighted by Crippen LogP contribution is -2.17. The molecule has 4 rings (SSSR count). The van der Waals surface area contributed by atoms with Crippen molar-refractivity contribution in [3.05, 3.63) is 57.8 Å². The maximum atomic E-state index is 14.6. The first kappa shape index (κ1) is 21.2. The van der Waals surface area contributed by atoms with Crippen LogP contribution in [0, 0.1) is 11.6 Å². The Hall–Kier alpha value is -2.99. The molecule has 0 saturated carbocycles. The number of hydrogen-bond donors (Lipinski definition) is 1. The summed E-state index contributed by atoms with van der Waals surface area (Å²) in [4.78, 5) is 12.2. The summed E-state index contributed by atoms with van der Waals surface area (Å²) in [6.45, 7) is -0.282. The lowest BCUT2D eigenvalue weighted by molar-refractivity contribution is 0.0463. The number of carbonyl (C=O) groups excluding carboxylic acids is 1. The number of fused-ring (bicyclic) bond motifs is 6. The van der Waals surface area contributed by atoms with Gasteiger partial charge in [0.15, 0.2) is 5.75 Å². The molecule has 0 atom stereocenters. The Kier molecular flexibility index (Phi) is 5.21. The molecule has 8 nitrogen and oxygen atoms in total. The van der Waals surface area contributed by atoms with Crippen LogP contribution in [-0.4, -0.2) is 31.3 Å². The van der Waals surface area contributed by atoms with Crippen molar-refractivity contribution < 1.29 is 31.5 Å². The summed E-state index contributed by atoms with van der Waals surface area (Å²) in [5.41, 5.74) is -0.134. The number of methoxy groups -OCH3 is 1. The lowest BCUT2D eigenvalue weighted by atomic mass is 10.0. The van der Waals surface area contributed by atoms with Crippen LogP contribution in [-0.2, 0) is 28.4 Å². The Morgan fingerprint density at radius 3 is 2.65 bits per heavy atom. The number of rotatable bonds is 1. The van der Waals surface area contributed by atoms with Crippen LogP contribution in [0.3, 0.4) is 0 Å². The summed E-state index contributed by atoms with van der Waals surface area (Å²) in [6, 6.07) is 3.98. The monoisotopic (exact) mass is 513 g/mol. The first-order valence-electron chi connectivity index (χ1n) is 8.70. The molecule has 3 aromatic rings. The maximum Gasteiger partial charge on any atom is 0.338 e. The van der Waals surface area contributed by atoms with Crippen LogP contribution in [0.1, 0.15) is 16.1 Å². The van der Waals surface area contributed by atoms with E-state index in [4.69, 9.17) is 9.47 Å². The molecule has 0 radical (unpaired) electrons. The number of cyclic esters (lactones) is 1. The summed E-state index contributed by atoms with van der Waals surface area (Å²) in [7, 11) is -1.64. The number of carbonyl (C=O) groups is 1. The van der Waals surface area contributed by atoms with Crippen LogP contribution >= 0.6 is 15.9 Å². The van der Waals surface area contributed by atoms with E-state index in [9.17, 15) is 22.0 Å². The lowest BCUT2D eigenvalue weighted by Gasteiger charge is -2.15. The summed E-state index contributed by atoms with van der Waals surface area (Å²) in [5, 5.41) is 4.04. The molecule has 12 heteroatoms. The van der Waals surface area contributed by atoms with Gasteiger partial charge in [-0.1, -0.05) is 0 Å². The van der Waals surface area contributed by atoms with E-state index in [1.165, 1.54) is 24.1 Å². The molecule has 1 aromatic heterocycles. The Morgan fingerprint density at radius 1 is 1.19 bits per heavy atom. The second-order valence-corrected chi connectivity index (χ2v) is 9.12. The first-order chi connectivity index (χ1) is 14.6. The van der Waals surface area contributed by atoms with E-state index in [1.54, 1.807) is 7.05 Å². The van der Waals surface area contributed by atoms with Gasteiger partial charge in [-0.05, 0) is 34.1 Å². The number of aromatic nitrogens is 2. The van der Waals surface area contributed by atoms with Gasteiger partial charge in [-0.2, -0.15) is 5.10 Å². The van der Waals surface area contributed by atoms with Gasteiger partial charge >= 0.3 is 5.97 Å². The summed E-state index contributed by atoms with van der Waals surface area (Å²) in [5.74, 6) is -2.98. The van der Waals surface area contributed by atoms with E-state index < -0.39 is 38.2 Å². The molecule has 1 N–H and O–H groups in total. The van der Waals surface area contributed by atoms with Gasteiger partial charge in [-0.3, -0.25) is 9.40 Å². The quantitative estimate of drug-likeness (QED) is 0.499. The number of nitrogens with one attached hydrogen (secondary N) is 1. The fourth-order valence-corrected chi connectivity index (χ4v) is 5.22. The third-order valence-corrected chi connectivity index (χ3v) is 6.69. The highest BCUT2D eigenvalue weighted by Gasteiger charge is 2.28. The van der Waals surface area contributed by atoms with Crippen LogP contribution in [0.15, 0.2) is 39.8 Å². The molecular formula is C19H14BrF2N3O5S. The molecule has 2 aromatic carbocycles. The summed E-state index contributed by atoms with van der Waals surface area (Å²) < 4.78 is 69.3. The Balaban J connectivity index is 2.02. The smallest absolute Gasteiger partial charge is 0.338 e. The Bertz CT molecular complexity index is 1340. The molecule has 0 spiro atoms. The number of sulfonamides is 1. The second kappa shape index (κ2) is 7.61. The molecule has 31 heavy (non-hydrogen) atoms. The van der Waals surface area contributed by atoms with E-state index in [0.717, 1.165) is 12.1 Å². The van der Waals surface area contributed by atoms with Gasteiger partial charge in [0.05, 0.1) is 34.7 Å². The van der Waals surface area contributed by atoms with Crippen LogP contribution in [0.2, 0.25) is 0 Å². The summed E-state index contributed by atoms with van der Waals surface area (Å²) >= 11 is 3.18. The average molecular weight is 514 g/mol. The molecule has 162 valence electrons. The maximum absolute atomic E-state index is 14.6. The third-order valence-electron chi connectivity index (χ3n) is 4.73. The normalized spacial score (nSPS) is 14.9. The van der Waals surface area contributed by atoms with Crippen LogP contribution in [0.25, 0.3) is 11.1 Å². The van der Waals surface area contributed by atoms with Crippen LogP contribution in [0.4, 0.5) is 14.5 Å². The minimum absolute atomic E-state index is 0.0885. The topological polar surface area (TPSA) is 99.5 Å². The van der Waals surface area contributed by atoms with E-state index in [2.05, 4.69) is 25.8 Å². The molecule has 0 fully saturated rings. The van der Waals surface area contributed by atoms with Crippen molar-refractivity contribution in [3.63, 3.8) is 0 Å². The van der Waals surface area contributed by atoms with Crippen molar-refractivity contribution in [2.45, 2.75) is 11.5 Å². The summed E-state index contributed by atoms with van der Waals surface area (Å²) in [6.07, 6.45) is 1.32. The Labute approximate surface area is 184 Å². The second-order valence-electron chi connectivity index (χ2n) is 6.61. The van der Waals surface area contributed by atoms with Gasteiger partial charge in [0.25, 0.3) is 10.0 Å². The minimum Gasteiger partial charge on any atom is -0.494 e. The predicted molar refractivity (Wildman–Crippen MR) is 109 cm³/mol. The molecule has 0 amide bonds. The van der Waals surface area contributed by atoms with Crippen molar-refractivity contribution in [1.29, 1.82) is 0 Å². The van der Waals surface area contributed by atoms with Crippen molar-refractivity contribution >= 4 is 37.6 Å². The fourth-order valence-electron chi connectivity index (χ4n) is 3.19. The number of esters is 1. The highest BCUT2D eigenvalue weighted by atomic mass is 79.9. The molecule has 1 aliphatic rings. The molecule has 4 bridgehead atoms. The third kappa shape index (κ3) is 3.65. The SMILES string of the molecule is COc1c(Br)cc2cc1S(=O)(=O)Nc1cc(c(F)cc1F)-c1cnn(C)c1COC2=O. The average Bonchev–Trinajstić information content (AvgIpc) is 3.07. The molecule has 0 unspecified atom stereocenters. The van der Waals surface area contributed by atoms with Crippen LogP contribution in [0.5, 0.6) is 5.75 Å². The van der Waals surface area contributed by atoms with Crippen molar-refractivity contribution in [1.82, 2.24) is 9.78 Å². The Morgan fingerprint density at radius 2 is 1.94 bits per heavy atom. The molecule has 0 aliphatic carbocycles. The highest BCUT2D eigenvalue weighted by molar-refractivity contribution is 9.10. The van der Waals surface area contributed by atoms with Crippen LogP contribution < -0.4 is 9.46 Å². The van der Waals surface area contributed by atoms with E-state index in [-0.39, 0.29) is 33.5 Å². The van der Waals surface area contributed by atoms with Gasteiger partial charge < -0.3 is 9.47 Å². The fraction of sp³-hybridized carbons (Fsp3) is 0.158. The zero-order valence-corrected chi connectivity index (χ0v) is 18.5. The van der Waals surface area contributed by atoms with E-state index >= 15 is 0 Å². The van der Waals surface area contributed by atoms with Gasteiger partial charge in [0.1, 0.15) is 23.1 Å².